The molecule has 0 aliphatic rings. The number of primary amides is 1. The van der Waals surface area contributed by atoms with Crippen LogP contribution in [0.1, 0.15) is 16.1 Å². The lowest BCUT2D eigenvalue weighted by molar-refractivity contribution is -0.116. The number of carbonyl (C=O) groups is 3. The molecule has 3 N–H and O–H groups in total. The highest BCUT2D eigenvalue weighted by atomic mass is 16.5. The average Bonchev–Trinajstić information content (AvgIpc) is 3.06. The first-order valence-corrected chi connectivity index (χ1v) is 6.96. The van der Waals surface area contributed by atoms with Crippen LogP contribution < -0.4 is 11.1 Å². The highest BCUT2D eigenvalue weighted by molar-refractivity contribution is 6.08. The van der Waals surface area contributed by atoms with Gasteiger partial charge in [0.25, 0.3) is 5.91 Å². The zero-order valence-corrected chi connectivity index (χ0v) is 13.1. The Morgan fingerprint density at radius 3 is 2.60 bits per heavy atom. The maximum absolute atomic E-state index is 11.8. The van der Waals surface area contributed by atoms with Gasteiger partial charge in [-0.2, -0.15) is 5.26 Å². The van der Waals surface area contributed by atoms with E-state index < -0.39 is 17.9 Å². The van der Waals surface area contributed by atoms with E-state index in [0.717, 1.165) is 6.08 Å². The lowest BCUT2D eigenvalue weighted by Gasteiger charge is -2.04. The van der Waals surface area contributed by atoms with E-state index in [1.165, 1.54) is 13.2 Å². The standard InChI is InChI=1S/C17H13N3O5/c1-24-16(22)13-5-3-2-4-12(13)14-7-6-11(25-14)8-10(9-18)15(21)20-17(19)23/h2-8H,1H3,(H3,19,20,21,23)/b10-8-. The van der Waals surface area contributed by atoms with Crippen LogP contribution in [0.2, 0.25) is 0 Å². The third kappa shape index (κ3) is 4.11. The molecule has 0 atom stereocenters. The minimum absolute atomic E-state index is 0.186. The zero-order chi connectivity index (χ0) is 18.4. The second-order valence-electron chi connectivity index (χ2n) is 4.73. The van der Waals surface area contributed by atoms with Crippen LogP contribution in [0.3, 0.4) is 0 Å². The molecule has 126 valence electrons. The Labute approximate surface area is 142 Å². The number of furan rings is 1. The number of imide groups is 1. The van der Waals surface area contributed by atoms with Gasteiger partial charge in [0, 0.05) is 11.6 Å². The summed E-state index contributed by atoms with van der Waals surface area (Å²) >= 11 is 0. The lowest BCUT2D eigenvalue weighted by atomic mass is 10.1. The van der Waals surface area contributed by atoms with Gasteiger partial charge in [-0.25, -0.2) is 9.59 Å². The summed E-state index contributed by atoms with van der Waals surface area (Å²) in [5, 5.41) is 10.8. The van der Waals surface area contributed by atoms with Crippen molar-refractivity contribution >= 4 is 24.0 Å². The minimum Gasteiger partial charge on any atom is -0.465 e. The van der Waals surface area contributed by atoms with E-state index in [1.54, 1.807) is 41.7 Å². The van der Waals surface area contributed by atoms with Gasteiger partial charge >= 0.3 is 12.0 Å². The molecule has 1 heterocycles. The molecule has 0 bridgehead atoms. The smallest absolute Gasteiger partial charge is 0.338 e. The molecule has 2 aromatic rings. The Bertz CT molecular complexity index is 905. The lowest BCUT2D eigenvalue weighted by Crippen LogP contribution is -2.35. The number of esters is 1. The number of nitrogens with two attached hydrogens (primary N) is 1. The molecule has 0 radical (unpaired) electrons. The third-order valence-corrected chi connectivity index (χ3v) is 3.11. The first-order valence-electron chi connectivity index (χ1n) is 6.96. The number of hydrogen-bond donors (Lipinski definition) is 2. The van der Waals surface area contributed by atoms with Gasteiger partial charge in [0.2, 0.25) is 0 Å². The largest absolute Gasteiger partial charge is 0.465 e. The minimum atomic E-state index is -1.07. The van der Waals surface area contributed by atoms with Crippen LogP contribution in [-0.2, 0) is 9.53 Å². The molecule has 25 heavy (non-hydrogen) atoms. The number of amides is 3. The molecular weight excluding hydrogens is 326 g/mol. The summed E-state index contributed by atoms with van der Waals surface area (Å²) < 4.78 is 10.3. The summed E-state index contributed by atoms with van der Waals surface area (Å²) in [7, 11) is 1.27. The van der Waals surface area contributed by atoms with Gasteiger partial charge < -0.3 is 14.9 Å². The van der Waals surface area contributed by atoms with E-state index in [0.29, 0.717) is 16.9 Å². The molecule has 0 saturated carbocycles. The summed E-state index contributed by atoms with van der Waals surface area (Å²) in [6.45, 7) is 0. The van der Waals surface area contributed by atoms with Crippen molar-refractivity contribution in [2.75, 3.05) is 7.11 Å². The number of nitrogens with zero attached hydrogens (tertiary/aromatic N) is 1. The van der Waals surface area contributed by atoms with E-state index in [-0.39, 0.29) is 11.3 Å². The quantitative estimate of drug-likeness (QED) is 0.495. The predicted molar refractivity (Wildman–Crippen MR) is 86.8 cm³/mol. The van der Waals surface area contributed by atoms with Crippen molar-refractivity contribution in [2.24, 2.45) is 5.73 Å². The van der Waals surface area contributed by atoms with Gasteiger partial charge in [0.15, 0.2) is 0 Å². The SMILES string of the molecule is COC(=O)c1ccccc1-c1ccc(/C=C(/C#N)C(=O)NC(N)=O)o1. The van der Waals surface area contributed by atoms with Crippen LogP contribution in [0.5, 0.6) is 0 Å². The summed E-state index contributed by atoms with van der Waals surface area (Å²) in [4.78, 5) is 34.1. The Morgan fingerprint density at radius 1 is 1.24 bits per heavy atom. The van der Waals surface area contributed by atoms with Gasteiger partial charge in [-0.1, -0.05) is 18.2 Å². The fourth-order valence-electron chi connectivity index (χ4n) is 2.03. The second-order valence-corrected chi connectivity index (χ2v) is 4.73. The molecule has 0 unspecified atom stereocenters. The molecule has 0 fully saturated rings. The van der Waals surface area contributed by atoms with Gasteiger partial charge in [0.1, 0.15) is 23.2 Å². The molecule has 0 spiro atoms. The Balaban J connectivity index is 2.37. The number of nitrogens with one attached hydrogen (secondary N) is 1. The van der Waals surface area contributed by atoms with E-state index >= 15 is 0 Å². The molecule has 8 heteroatoms. The number of rotatable bonds is 4. The third-order valence-electron chi connectivity index (χ3n) is 3.11. The van der Waals surface area contributed by atoms with Crippen LogP contribution in [0, 0.1) is 11.3 Å². The summed E-state index contributed by atoms with van der Waals surface area (Å²) in [6.07, 6.45) is 1.16. The number of hydrogen-bond acceptors (Lipinski definition) is 6. The molecule has 0 aliphatic heterocycles. The first kappa shape index (κ1) is 17.5. The Kier molecular flexibility index (Phi) is 5.32. The highest BCUT2D eigenvalue weighted by Gasteiger charge is 2.16. The molecule has 3 amide bonds. The van der Waals surface area contributed by atoms with Crippen molar-refractivity contribution in [1.29, 1.82) is 5.26 Å². The van der Waals surface area contributed by atoms with Gasteiger partial charge in [-0.3, -0.25) is 10.1 Å². The van der Waals surface area contributed by atoms with Crippen LogP contribution in [0.4, 0.5) is 4.79 Å². The second kappa shape index (κ2) is 7.61. The van der Waals surface area contributed by atoms with Gasteiger partial charge in [-0.15, -0.1) is 0 Å². The average molecular weight is 339 g/mol. The molecule has 0 aliphatic carbocycles. The first-order chi connectivity index (χ1) is 12.0. The topological polar surface area (TPSA) is 135 Å². The number of methoxy groups -OCH3 is 1. The van der Waals surface area contributed by atoms with Crippen LogP contribution in [0.25, 0.3) is 17.4 Å². The fourth-order valence-corrected chi connectivity index (χ4v) is 2.03. The zero-order valence-electron chi connectivity index (χ0n) is 13.1. The van der Waals surface area contributed by atoms with Gasteiger partial charge in [-0.05, 0) is 18.2 Å². The maximum atomic E-state index is 11.8. The van der Waals surface area contributed by atoms with Crippen molar-refractivity contribution in [3.63, 3.8) is 0 Å². The molecule has 1 aromatic carbocycles. The summed E-state index contributed by atoms with van der Waals surface area (Å²) in [5.41, 5.74) is 5.28. The van der Waals surface area contributed by atoms with Gasteiger partial charge in [0.05, 0.1) is 12.7 Å². The number of benzene rings is 1. The number of urea groups is 1. The van der Waals surface area contributed by atoms with Crippen molar-refractivity contribution in [3.05, 3.63) is 53.3 Å². The molecular formula is C17H13N3O5. The Hall–Kier alpha value is -3.86. The Morgan fingerprint density at radius 2 is 1.96 bits per heavy atom. The van der Waals surface area contributed by atoms with Crippen LogP contribution in [0.15, 0.2) is 46.4 Å². The van der Waals surface area contributed by atoms with Crippen molar-refractivity contribution in [2.45, 2.75) is 0 Å². The van der Waals surface area contributed by atoms with E-state index in [2.05, 4.69) is 0 Å². The van der Waals surface area contributed by atoms with Crippen molar-refractivity contribution in [1.82, 2.24) is 5.32 Å². The van der Waals surface area contributed by atoms with E-state index in [9.17, 15) is 14.4 Å². The summed E-state index contributed by atoms with van der Waals surface area (Å²) in [6, 6.07) is 10.3. The van der Waals surface area contributed by atoms with E-state index in [4.69, 9.17) is 20.1 Å². The van der Waals surface area contributed by atoms with Crippen LogP contribution >= 0.6 is 0 Å². The number of carbonyl (C=O) groups excluding carboxylic acids is 3. The fraction of sp³-hybridized carbons (Fsp3) is 0.0588. The molecule has 0 saturated heterocycles. The number of nitriles is 1. The van der Waals surface area contributed by atoms with Crippen molar-refractivity contribution < 1.29 is 23.5 Å². The van der Waals surface area contributed by atoms with E-state index in [1.807, 2.05) is 0 Å². The normalized spacial score (nSPS) is 10.6. The molecule has 8 nitrogen and oxygen atoms in total. The molecule has 2 rings (SSSR count). The van der Waals surface area contributed by atoms with Crippen LogP contribution in [-0.4, -0.2) is 25.0 Å². The monoisotopic (exact) mass is 339 g/mol. The van der Waals surface area contributed by atoms with Crippen molar-refractivity contribution in [3.8, 4) is 17.4 Å². The maximum Gasteiger partial charge on any atom is 0.338 e. The number of ether oxygens (including phenoxy) is 1. The predicted octanol–water partition coefficient (Wildman–Crippen LogP) is 1.84. The highest BCUT2D eigenvalue weighted by Crippen LogP contribution is 2.27. The summed E-state index contributed by atoms with van der Waals surface area (Å²) in [5.74, 6) is -0.934. The molecule has 1 aromatic heterocycles.